The summed E-state index contributed by atoms with van der Waals surface area (Å²) in [6, 6.07) is 13.9. The SMILES string of the molecule is CC(=O)Nc1ccc([C@H]2[C@H](C)CC[C@H]3C(=O)N4[C@@H](CC[C@@H](C)[C@@H]4c4ccc(NC(C)=O)cc4)C(=O)N32)cc1. The summed E-state index contributed by atoms with van der Waals surface area (Å²) in [7, 11) is 0. The van der Waals surface area contributed by atoms with Crippen LogP contribution in [0.2, 0.25) is 0 Å². The smallest absolute Gasteiger partial charge is 0.246 e. The van der Waals surface area contributed by atoms with Crippen molar-refractivity contribution in [2.45, 2.75) is 77.5 Å². The Labute approximate surface area is 223 Å². The first-order valence-corrected chi connectivity index (χ1v) is 13.5. The molecule has 3 aliphatic rings. The molecule has 0 unspecified atom stereocenters. The lowest BCUT2D eigenvalue weighted by molar-refractivity contribution is -0.177. The number of carbonyl (C=O) groups excluding carboxylic acids is 4. The maximum atomic E-state index is 14.2. The zero-order valence-corrected chi connectivity index (χ0v) is 22.4. The molecule has 3 fully saturated rings. The van der Waals surface area contributed by atoms with Gasteiger partial charge in [-0.3, -0.25) is 19.2 Å². The molecule has 2 N–H and O–H groups in total. The van der Waals surface area contributed by atoms with Gasteiger partial charge in [0.25, 0.3) is 0 Å². The average Bonchev–Trinajstić information content (AvgIpc) is 2.87. The number of anilines is 2. The van der Waals surface area contributed by atoms with Crippen LogP contribution in [0.4, 0.5) is 11.4 Å². The van der Waals surface area contributed by atoms with Crippen LogP contribution in [0.25, 0.3) is 0 Å². The second-order valence-electron chi connectivity index (χ2n) is 11.1. The number of nitrogens with zero attached hydrogens (tertiary/aromatic N) is 2. The molecule has 5 rings (SSSR count). The van der Waals surface area contributed by atoms with Crippen molar-refractivity contribution in [3.63, 3.8) is 0 Å². The van der Waals surface area contributed by atoms with Gasteiger partial charge in [0.15, 0.2) is 0 Å². The van der Waals surface area contributed by atoms with Crippen molar-refractivity contribution in [2.75, 3.05) is 10.6 Å². The van der Waals surface area contributed by atoms with Gasteiger partial charge in [0.05, 0.1) is 12.1 Å². The second kappa shape index (κ2) is 10.2. The van der Waals surface area contributed by atoms with Crippen molar-refractivity contribution >= 4 is 35.0 Å². The Balaban J connectivity index is 1.46. The van der Waals surface area contributed by atoms with E-state index in [1.165, 1.54) is 13.8 Å². The lowest BCUT2D eigenvalue weighted by Gasteiger charge is -2.56. The Morgan fingerprint density at radius 3 is 1.29 bits per heavy atom. The Bertz CT molecular complexity index is 1140. The van der Waals surface area contributed by atoms with Gasteiger partial charge in [0.1, 0.15) is 12.1 Å². The first-order valence-electron chi connectivity index (χ1n) is 13.5. The number of amides is 4. The van der Waals surface area contributed by atoms with Crippen molar-refractivity contribution in [3.05, 3.63) is 59.7 Å². The van der Waals surface area contributed by atoms with Crippen LogP contribution in [0.5, 0.6) is 0 Å². The molecule has 2 aromatic carbocycles. The number of benzene rings is 2. The van der Waals surface area contributed by atoms with Gasteiger partial charge in [-0.15, -0.1) is 0 Å². The summed E-state index contributed by atoms with van der Waals surface area (Å²) in [5.74, 6) is 0.215. The third kappa shape index (κ3) is 4.68. The van der Waals surface area contributed by atoms with E-state index in [-0.39, 0.29) is 47.5 Å². The highest BCUT2D eigenvalue weighted by Gasteiger charge is 2.55. The van der Waals surface area contributed by atoms with Crippen LogP contribution in [0, 0.1) is 11.8 Å². The van der Waals surface area contributed by atoms with Crippen molar-refractivity contribution in [3.8, 4) is 0 Å². The minimum absolute atomic E-state index is 0.0313. The molecule has 8 nitrogen and oxygen atoms in total. The van der Waals surface area contributed by atoms with Gasteiger partial charge in [-0.1, -0.05) is 38.1 Å². The van der Waals surface area contributed by atoms with E-state index >= 15 is 0 Å². The molecule has 3 aliphatic heterocycles. The number of hydrogen-bond acceptors (Lipinski definition) is 4. The fourth-order valence-electron chi connectivity index (χ4n) is 6.69. The molecule has 200 valence electrons. The molecule has 0 spiro atoms. The highest BCUT2D eigenvalue weighted by molar-refractivity contribution is 5.98. The summed E-state index contributed by atoms with van der Waals surface area (Å²) < 4.78 is 0. The summed E-state index contributed by atoms with van der Waals surface area (Å²) in [6.07, 6.45) is 3.00. The highest BCUT2D eigenvalue weighted by Crippen LogP contribution is 2.48. The van der Waals surface area contributed by atoms with E-state index in [1.54, 1.807) is 0 Å². The summed E-state index contributed by atoms with van der Waals surface area (Å²) >= 11 is 0. The highest BCUT2D eigenvalue weighted by atomic mass is 16.2. The maximum Gasteiger partial charge on any atom is 0.246 e. The van der Waals surface area contributed by atoms with Gasteiger partial charge >= 0.3 is 0 Å². The fourth-order valence-corrected chi connectivity index (χ4v) is 6.69. The number of rotatable bonds is 4. The van der Waals surface area contributed by atoms with E-state index in [2.05, 4.69) is 24.5 Å². The van der Waals surface area contributed by atoms with Gasteiger partial charge in [0, 0.05) is 25.2 Å². The van der Waals surface area contributed by atoms with E-state index in [1.807, 2.05) is 58.3 Å². The van der Waals surface area contributed by atoms with Crippen LogP contribution in [0.1, 0.15) is 76.6 Å². The quantitative estimate of drug-likeness (QED) is 0.618. The molecule has 0 aliphatic carbocycles. The van der Waals surface area contributed by atoms with E-state index in [0.717, 1.165) is 24.0 Å². The summed E-state index contributed by atoms with van der Waals surface area (Å²) in [6.45, 7) is 7.24. The molecule has 0 bridgehead atoms. The maximum absolute atomic E-state index is 14.2. The van der Waals surface area contributed by atoms with Crippen LogP contribution in [-0.4, -0.2) is 45.5 Å². The summed E-state index contributed by atoms with van der Waals surface area (Å²) in [4.78, 5) is 55.0. The first kappa shape index (κ1) is 25.9. The Morgan fingerprint density at radius 2 is 0.974 bits per heavy atom. The van der Waals surface area contributed by atoms with Crippen molar-refractivity contribution in [2.24, 2.45) is 11.8 Å². The fraction of sp³-hybridized carbons (Fsp3) is 0.467. The minimum Gasteiger partial charge on any atom is -0.326 e. The third-order valence-electron chi connectivity index (χ3n) is 8.36. The second-order valence-corrected chi connectivity index (χ2v) is 11.1. The molecular weight excluding hydrogens is 480 g/mol. The molecular formula is C30H36N4O4. The van der Waals surface area contributed by atoms with Crippen LogP contribution in [0.15, 0.2) is 48.5 Å². The van der Waals surface area contributed by atoms with E-state index < -0.39 is 12.1 Å². The summed E-state index contributed by atoms with van der Waals surface area (Å²) in [5.41, 5.74) is 3.39. The number of fused-ring (bicyclic) bond motifs is 2. The topological polar surface area (TPSA) is 98.8 Å². The Morgan fingerprint density at radius 1 is 0.632 bits per heavy atom. The molecule has 2 aromatic rings. The van der Waals surface area contributed by atoms with Crippen LogP contribution < -0.4 is 10.6 Å². The zero-order valence-electron chi connectivity index (χ0n) is 22.4. The molecule has 0 saturated carbocycles. The van der Waals surface area contributed by atoms with Crippen molar-refractivity contribution < 1.29 is 19.2 Å². The van der Waals surface area contributed by atoms with Gasteiger partial charge < -0.3 is 20.4 Å². The number of hydrogen-bond donors (Lipinski definition) is 2. The Hall–Kier alpha value is -3.68. The lowest BCUT2D eigenvalue weighted by Crippen LogP contribution is -2.69. The van der Waals surface area contributed by atoms with Gasteiger partial charge in [-0.25, -0.2) is 0 Å². The third-order valence-corrected chi connectivity index (χ3v) is 8.36. The molecule has 38 heavy (non-hydrogen) atoms. The normalized spacial score (nSPS) is 28.8. The zero-order chi connectivity index (χ0) is 27.1. The summed E-state index contributed by atoms with van der Waals surface area (Å²) in [5, 5.41) is 5.58. The predicted molar refractivity (Wildman–Crippen MR) is 145 cm³/mol. The van der Waals surface area contributed by atoms with Crippen LogP contribution in [0.3, 0.4) is 0 Å². The number of carbonyl (C=O) groups is 4. The predicted octanol–water partition coefficient (Wildman–Crippen LogP) is 4.65. The lowest BCUT2D eigenvalue weighted by atomic mass is 9.76. The van der Waals surface area contributed by atoms with Crippen molar-refractivity contribution in [1.82, 2.24) is 9.80 Å². The number of piperidine rings is 2. The van der Waals surface area contributed by atoms with Gasteiger partial charge in [-0.05, 0) is 72.9 Å². The Kier molecular flexibility index (Phi) is 6.99. The first-order chi connectivity index (χ1) is 18.2. The van der Waals surface area contributed by atoms with Crippen LogP contribution in [-0.2, 0) is 19.2 Å². The van der Waals surface area contributed by atoms with E-state index in [0.29, 0.717) is 24.2 Å². The molecule has 0 radical (unpaired) electrons. The molecule has 3 saturated heterocycles. The molecule has 6 atom stereocenters. The van der Waals surface area contributed by atoms with Crippen LogP contribution >= 0.6 is 0 Å². The number of piperazine rings is 1. The molecule has 0 aromatic heterocycles. The van der Waals surface area contributed by atoms with E-state index in [4.69, 9.17) is 0 Å². The molecule has 4 amide bonds. The monoisotopic (exact) mass is 516 g/mol. The minimum atomic E-state index is -0.485. The number of nitrogens with one attached hydrogen (secondary N) is 2. The van der Waals surface area contributed by atoms with E-state index in [9.17, 15) is 19.2 Å². The van der Waals surface area contributed by atoms with Gasteiger partial charge in [-0.2, -0.15) is 0 Å². The molecule has 3 heterocycles. The molecule has 8 heteroatoms. The largest absolute Gasteiger partial charge is 0.326 e. The standard InChI is InChI=1S/C30H36N4O4/c1-17-5-15-25-30(38)34-26(16-6-18(2)28(34)22-9-13-24(14-10-22)32-20(4)36)29(37)33(25)27(17)21-7-11-23(12-8-21)31-19(3)35/h7-14,17-18,25-28H,5-6,15-16H2,1-4H3,(H,31,35)(H,32,36)/t17-,18-,25+,26+,27-,28-/m1/s1. The van der Waals surface area contributed by atoms with Gasteiger partial charge in [0.2, 0.25) is 23.6 Å². The van der Waals surface area contributed by atoms with Crippen molar-refractivity contribution in [1.29, 1.82) is 0 Å². The average molecular weight is 517 g/mol.